The van der Waals surface area contributed by atoms with Gasteiger partial charge in [0, 0.05) is 68.0 Å². The Morgan fingerprint density at radius 3 is 2.24 bits per heavy atom. The summed E-state index contributed by atoms with van der Waals surface area (Å²) in [5.74, 6) is -1.81. The maximum Gasteiger partial charge on any atom is 0.279 e. The lowest BCUT2D eigenvalue weighted by molar-refractivity contribution is -0.136. The summed E-state index contributed by atoms with van der Waals surface area (Å²) in [4.78, 5) is 72.9. The molecule has 58 heavy (non-hydrogen) atoms. The van der Waals surface area contributed by atoms with Gasteiger partial charge in [-0.25, -0.2) is 4.98 Å². The SMILES string of the molecule is O=C1CCC(N2C(=O)c3cccc(NCCOCCOCCOCCNS(=O)(=O)N4CCC(Nc5ncc6ccc(=O)n(C7CCCC7)c6n5)CC4)c3C2=O)C(=O)N1. The predicted molar refractivity (Wildman–Crippen MR) is 211 cm³/mol. The Morgan fingerprint density at radius 2 is 1.52 bits per heavy atom. The van der Waals surface area contributed by atoms with Crippen LogP contribution in [-0.4, -0.2) is 134 Å². The van der Waals surface area contributed by atoms with E-state index in [1.165, 1.54) is 10.4 Å². The van der Waals surface area contributed by atoms with Gasteiger partial charge < -0.3 is 24.8 Å². The number of imide groups is 2. The van der Waals surface area contributed by atoms with Crippen LogP contribution in [0.5, 0.6) is 0 Å². The quantitative estimate of drug-likeness (QED) is 0.0983. The molecule has 4 aliphatic rings. The first-order chi connectivity index (χ1) is 28.1. The van der Waals surface area contributed by atoms with Gasteiger partial charge in [0.15, 0.2) is 0 Å². The van der Waals surface area contributed by atoms with Gasteiger partial charge in [-0.2, -0.15) is 22.4 Å². The minimum absolute atomic E-state index is 0.0125. The molecule has 3 aromatic rings. The summed E-state index contributed by atoms with van der Waals surface area (Å²) in [6.45, 7) is 2.78. The summed E-state index contributed by atoms with van der Waals surface area (Å²) in [6, 6.07) is 7.28. The van der Waals surface area contributed by atoms with Crippen molar-refractivity contribution in [1.82, 2.24) is 33.8 Å². The van der Waals surface area contributed by atoms with Crippen molar-refractivity contribution in [3.63, 3.8) is 0 Å². The van der Waals surface area contributed by atoms with Gasteiger partial charge >= 0.3 is 0 Å². The van der Waals surface area contributed by atoms with E-state index in [0.717, 1.165) is 36.0 Å². The van der Waals surface area contributed by atoms with Crippen LogP contribution in [-0.2, 0) is 34.0 Å². The Balaban J connectivity index is 0.730. The largest absolute Gasteiger partial charge is 0.382 e. The predicted octanol–water partition coefficient (Wildman–Crippen LogP) is 1.18. The first kappa shape index (κ1) is 41.3. The molecule has 312 valence electrons. The number of fused-ring (bicyclic) bond motifs is 2. The second-order valence-corrected chi connectivity index (χ2v) is 16.4. The Kier molecular flexibility index (Phi) is 13.4. The number of hydrogen-bond acceptors (Lipinski definition) is 14. The fraction of sp³-hybridized carbons (Fsp3) is 0.553. The molecule has 4 N–H and O–H groups in total. The first-order valence-corrected chi connectivity index (χ1v) is 21.3. The number of benzene rings is 1. The van der Waals surface area contributed by atoms with E-state index in [2.05, 4.69) is 25.7 Å². The second-order valence-electron chi connectivity index (χ2n) is 14.6. The summed E-state index contributed by atoms with van der Waals surface area (Å²) in [6.07, 6.45) is 7.12. The third kappa shape index (κ3) is 9.53. The van der Waals surface area contributed by atoms with E-state index in [9.17, 15) is 32.4 Å². The average Bonchev–Trinajstić information content (AvgIpc) is 3.83. The minimum atomic E-state index is -3.68. The molecule has 0 radical (unpaired) electrons. The summed E-state index contributed by atoms with van der Waals surface area (Å²) in [5.41, 5.74) is 1.40. The molecule has 19 nitrogen and oxygen atoms in total. The number of carbonyl (C=O) groups excluding carboxylic acids is 4. The number of carbonyl (C=O) groups is 4. The second kappa shape index (κ2) is 18.8. The number of nitrogens with zero attached hydrogens (tertiary/aromatic N) is 5. The zero-order valence-corrected chi connectivity index (χ0v) is 33.0. The monoisotopic (exact) mass is 823 g/mol. The number of aromatic nitrogens is 3. The highest BCUT2D eigenvalue weighted by Crippen LogP contribution is 2.33. The molecule has 2 aromatic heterocycles. The van der Waals surface area contributed by atoms with Crippen LogP contribution in [0.15, 0.2) is 41.3 Å². The molecule has 3 aliphatic heterocycles. The molecule has 0 spiro atoms. The van der Waals surface area contributed by atoms with E-state index in [4.69, 9.17) is 19.2 Å². The number of piperidine rings is 2. The van der Waals surface area contributed by atoms with Crippen molar-refractivity contribution >= 4 is 56.5 Å². The molecule has 1 unspecified atom stereocenters. The Bertz CT molecular complexity index is 2170. The van der Waals surface area contributed by atoms with E-state index >= 15 is 0 Å². The zero-order chi connectivity index (χ0) is 40.6. The van der Waals surface area contributed by atoms with Crippen molar-refractivity contribution in [1.29, 1.82) is 0 Å². The van der Waals surface area contributed by atoms with Crippen molar-refractivity contribution in [2.24, 2.45) is 0 Å². The average molecular weight is 824 g/mol. The summed E-state index contributed by atoms with van der Waals surface area (Å²) in [5, 5.41) is 9.46. The molecule has 1 aliphatic carbocycles. The van der Waals surface area contributed by atoms with Crippen LogP contribution in [0.25, 0.3) is 11.0 Å². The third-order valence-electron chi connectivity index (χ3n) is 10.8. The van der Waals surface area contributed by atoms with E-state index in [-0.39, 0.29) is 61.4 Å². The molecular formula is C38H49N9O10S. The van der Waals surface area contributed by atoms with Gasteiger partial charge in [0.25, 0.3) is 27.6 Å². The van der Waals surface area contributed by atoms with Crippen LogP contribution in [0.4, 0.5) is 11.6 Å². The molecule has 1 atom stereocenters. The summed E-state index contributed by atoms with van der Waals surface area (Å²) in [7, 11) is -3.68. The van der Waals surface area contributed by atoms with Crippen LogP contribution in [0, 0.1) is 0 Å². The van der Waals surface area contributed by atoms with E-state index in [0.29, 0.717) is 76.2 Å². The lowest BCUT2D eigenvalue weighted by Crippen LogP contribution is -2.54. The van der Waals surface area contributed by atoms with Crippen molar-refractivity contribution in [3.05, 3.63) is 58.0 Å². The third-order valence-corrected chi connectivity index (χ3v) is 12.4. The molecule has 4 amide bonds. The molecular weight excluding hydrogens is 775 g/mol. The number of anilines is 2. The first-order valence-electron chi connectivity index (χ1n) is 19.8. The highest BCUT2D eigenvalue weighted by Gasteiger charge is 2.45. The number of amides is 4. The van der Waals surface area contributed by atoms with Crippen molar-refractivity contribution in [3.8, 4) is 0 Å². The highest BCUT2D eigenvalue weighted by molar-refractivity contribution is 7.87. The maximum absolute atomic E-state index is 13.2. The zero-order valence-electron chi connectivity index (χ0n) is 32.2. The molecule has 3 fully saturated rings. The fourth-order valence-corrected chi connectivity index (χ4v) is 9.06. The van der Waals surface area contributed by atoms with E-state index < -0.39 is 39.9 Å². The summed E-state index contributed by atoms with van der Waals surface area (Å²) < 4.78 is 48.3. The highest BCUT2D eigenvalue weighted by atomic mass is 32.2. The summed E-state index contributed by atoms with van der Waals surface area (Å²) >= 11 is 0. The Morgan fingerprint density at radius 1 is 0.810 bits per heavy atom. The Hall–Kier alpha value is -4.86. The molecule has 5 heterocycles. The lowest BCUT2D eigenvalue weighted by atomic mass is 10.0. The Labute approximate surface area is 335 Å². The molecule has 0 bridgehead atoms. The molecule has 20 heteroatoms. The molecule has 2 saturated heterocycles. The number of rotatable bonds is 19. The van der Waals surface area contributed by atoms with Crippen LogP contribution >= 0.6 is 0 Å². The maximum atomic E-state index is 13.2. The van der Waals surface area contributed by atoms with Gasteiger partial charge in [0.1, 0.15) is 11.7 Å². The van der Waals surface area contributed by atoms with Gasteiger partial charge in [-0.15, -0.1) is 0 Å². The molecule has 1 saturated carbocycles. The van der Waals surface area contributed by atoms with Gasteiger partial charge in [-0.3, -0.25) is 38.8 Å². The number of pyridine rings is 1. The topological polar surface area (TPSA) is 232 Å². The van der Waals surface area contributed by atoms with Crippen LogP contribution in [0.1, 0.15) is 78.1 Å². The van der Waals surface area contributed by atoms with Gasteiger partial charge in [0.05, 0.1) is 50.8 Å². The number of nitrogens with one attached hydrogen (secondary N) is 4. The van der Waals surface area contributed by atoms with Gasteiger partial charge in [-0.1, -0.05) is 18.9 Å². The number of hydrogen-bond donors (Lipinski definition) is 4. The lowest BCUT2D eigenvalue weighted by Gasteiger charge is -2.31. The van der Waals surface area contributed by atoms with E-state index in [1.54, 1.807) is 35.0 Å². The number of ether oxygens (including phenoxy) is 3. The van der Waals surface area contributed by atoms with Gasteiger partial charge in [-0.05, 0) is 50.3 Å². The van der Waals surface area contributed by atoms with Crippen LogP contribution < -0.4 is 26.2 Å². The van der Waals surface area contributed by atoms with Crippen LogP contribution in [0.2, 0.25) is 0 Å². The van der Waals surface area contributed by atoms with Crippen molar-refractivity contribution in [2.75, 3.05) is 76.5 Å². The minimum Gasteiger partial charge on any atom is -0.382 e. The fourth-order valence-electron chi connectivity index (χ4n) is 7.84. The smallest absolute Gasteiger partial charge is 0.279 e. The van der Waals surface area contributed by atoms with Crippen molar-refractivity contribution < 1.29 is 41.8 Å². The standard InChI is InChI=1S/C38H49N9O10S/c48-31-10-9-30(35(50)43-31)47-36(51)28-6-3-7-29(33(28)37(47)52)39-14-18-55-20-22-57-23-21-56-19-15-41-58(53,54)45-16-12-26(13-17-45)42-38-40-24-25-8-11-32(49)46(34(25)44-38)27-4-1-2-5-27/h3,6-8,11,24,26-27,30,39,41H,1-2,4-5,9-10,12-23H2,(H,40,42,44)(H,43,48,50). The molecule has 1 aromatic carbocycles. The van der Waals surface area contributed by atoms with Crippen molar-refractivity contribution in [2.45, 2.75) is 69.5 Å². The van der Waals surface area contributed by atoms with Crippen LogP contribution in [0.3, 0.4) is 0 Å². The molecule has 7 rings (SSSR count). The van der Waals surface area contributed by atoms with Gasteiger partial charge in [0.2, 0.25) is 17.8 Å². The normalized spacial score (nSPS) is 19.6. The van der Waals surface area contributed by atoms with E-state index in [1.807, 2.05) is 0 Å².